The van der Waals surface area contributed by atoms with E-state index in [9.17, 15) is 4.79 Å². The zero-order valence-corrected chi connectivity index (χ0v) is 10.3. The van der Waals surface area contributed by atoms with Crippen LogP contribution in [0.1, 0.15) is 16.9 Å². The molecule has 6 heteroatoms. The Morgan fingerprint density at radius 1 is 1.44 bits per heavy atom. The molecule has 4 nitrogen and oxygen atoms in total. The standard InChI is InChI=1S/C10H13N3O.2ClH/c11-8-4-6-13(7-8)10(14)9-3-1-2-5-12-9;;/h1-3,5,8H,4,6-7,11H2;2*1H. The van der Waals surface area contributed by atoms with Crippen molar-refractivity contribution in [3.8, 4) is 0 Å². The van der Waals surface area contributed by atoms with Gasteiger partial charge in [0.15, 0.2) is 0 Å². The third-order valence-electron chi connectivity index (χ3n) is 2.40. The first-order valence-electron chi connectivity index (χ1n) is 4.73. The predicted molar refractivity (Wildman–Crippen MR) is 67.2 cm³/mol. The quantitative estimate of drug-likeness (QED) is 0.826. The van der Waals surface area contributed by atoms with Gasteiger partial charge in [-0.2, -0.15) is 0 Å². The molecule has 1 aromatic heterocycles. The van der Waals surface area contributed by atoms with Gasteiger partial charge in [-0.05, 0) is 18.6 Å². The van der Waals surface area contributed by atoms with Gasteiger partial charge in [0.25, 0.3) is 5.91 Å². The molecule has 0 aromatic carbocycles. The van der Waals surface area contributed by atoms with Crippen LogP contribution in [-0.2, 0) is 0 Å². The number of carbonyl (C=O) groups excluding carboxylic acids is 1. The van der Waals surface area contributed by atoms with Crippen LogP contribution in [0.2, 0.25) is 0 Å². The third kappa shape index (κ3) is 3.33. The molecule has 0 bridgehead atoms. The highest BCUT2D eigenvalue weighted by Gasteiger charge is 2.24. The molecule has 1 atom stereocenters. The highest BCUT2D eigenvalue weighted by atomic mass is 35.5. The summed E-state index contributed by atoms with van der Waals surface area (Å²) >= 11 is 0. The number of hydrogen-bond donors (Lipinski definition) is 1. The van der Waals surface area contributed by atoms with Crippen molar-refractivity contribution in [2.45, 2.75) is 12.5 Å². The van der Waals surface area contributed by atoms with Gasteiger partial charge in [-0.25, -0.2) is 0 Å². The number of nitrogens with two attached hydrogens (primary N) is 1. The van der Waals surface area contributed by atoms with E-state index in [1.807, 2.05) is 6.07 Å². The maximum atomic E-state index is 11.8. The van der Waals surface area contributed by atoms with Crippen LogP contribution in [0.5, 0.6) is 0 Å². The molecule has 16 heavy (non-hydrogen) atoms. The van der Waals surface area contributed by atoms with Crippen LogP contribution < -0.4 is 5.73 Å². The van der Waals surface area contributed by atoms with Crippen molar-refractivity contribution in [3.05, 3.63) is 30.1 Å². The normalized spacial score (nSPS) is 18.6. The molecule has 1 aliphatic heterocycles. The summed E-state index contributed by atoms with van der Waals surface area (Å²) in [6.07, 6.45) is 2.52. The molecule has 0 aliphatic carbocycles. The minimum absolute atomic E-state index is 0. The molecule has 1 saturated heterocycles. The van der Waals surface area contributed by atoms with Gasteiger partial charge >= 0.3 is 0 Å². The molecule has 1 aromatic rings. The number of hydrogen-bond acceptors (Lipinski definition) is 3. The average molecular weight is 264 g/mol. The first-order valence-corrected chi connectivity index (χ1v) is 4.73. The molecule has 90 valence electrons. The molecule has 0 saturated carbocycles. The number of aromatic nitrogens is 1. The fraction of sp³-hybridized carbons (Fsp3) is 0.400. The number of likely N-dealkylation sites (tertiary alicyclic amines) is 1. The van der Waals surface area contributed by atoms with Crippen LogP contribution >= 0.6 is 24.8 Å². The van der Waals surface area contributed by atoms with E-state index in [1.54, 1.807) is 23.2 Å². The molecular weight excluding hydrogens is 249 g/mol. The lowest BCUT2D eigenvalue weighted by Gasteiger charge is -2.14. The average Bonchev–Trinajstić information content (AvgIpc) is 2.65. The van der Waals surface area contributed by atoms with Crippen molar-refractivity contribution in [2.75, 3.05) is 13.1 Å². The lowest BCUT2D eigenvalue weighted by molar-refractivity contribution is 0.0785. The molecule has 0 radical (unpaired) electrons. The summed E-state index contributed by atoms with van der Waals surface area (Å²) in [5, 5.41) is 0. The smallest absolute Gasteiger partial charge is 0.272 e. The van der Waals surface area contributed by atoms with E-state index >= 15 is 0 Å². The molecule has 1 fully saturated rings. The summed E-state index contributed by atoms with van der Waals surface area (Å²) in [6, 6.07) is 5.47. The number of rotatable bonds is 1. The molecule has 0 spiro atoms. The summed E-state index contributed by atoms with van der Waals surface area (Å²) in [4.78, 5) is 17.6. The molecule has 2 rings (SSSR count). The molecule has 2 N–H and O–H groups in total. The number of carbonyl (C=O) groups is 1. The van der Waals surface area contributed by atoms with Crippen molar-refractivity contribution in [1.29, 1.82) is 0 Å². The predicted octanol–water partition coefficient (Wildman–Crippen LogP) is 1.10. The molecule has 2 heterocycles. The Bertz CT molecular complexity index is 334. The SMILES string of the molecule is Cl.Cl.NC1CCN(C(=O)c2ccccn2)C1. The van der Waals surface area contributed by atoms with Crippen LogP contribution in [0.15, 0.2) is 24.4 Å². The lowest BCUT2D eigenvalue weighted by Crippen LogP contribution is -2.32. The topological polar surface area (TPSA) is 59.2 Å². The second-order valence-corrected chi connectivity index (χ2v) is 3.51. The second-order valence-electron chi connectivity index (χ2n) is 3.51. The van der Waals surface area contributed by atoms with Gasteiger partial charge in [-0.1, -0.05) is 6.07 Å². The monoisotopic (exact) mass is 263 g/mol. The Morgan fingerprint density at radius 3 is 2.69 bits per heavy atom. The first kappa shape index (κ1) is 15.2. The number of halogens is 2. The van der Waals surface area contributed by atoms with Crippen molar-refractivity contribution in [3.63, 3.8) is 0 Å². The van der Waals surface area contributed by atoms with Crippen LogP contribution in [0.4, 0.5) is 0 Å². The summed E-state index contributed by atoms with van der Waals surface area (Å²) in [7, 11) is 0. The minimum Gasteiger partial charge on any atom is -0.336 e. The maximum absolute atomic E-state index is 11.8. The van der Waals surface area contributed by atoms with Crippen LogP contribution in [0, 0.1) is 0 Å². The highest BCUT2D eigenvalue weighted by molar-refractivity contribution is 5.92. The molecule has 1 unspecified atom stereocenters. The van der Waals surface area contributed by atoms with Crippen LogP contribution in [0.3, 0.4) is 0 Å². The molecule has 1 aliphatic rings. The fourth-order valence-electron chi connectivity index (χ4n) is 1.62. The highest BCUT2D eigenvalue weighted by Crippen LogP contribution is 2.10. The van der Waals surface area contributed by atoms with Gasteiger partial charge in [0.1, 0.15) is 5.69 Å². The zero-order valence-electron chi connectivity index (χ0n) is 8.70. The summed E-state index contributed by atoms with van der Waals surface area (Å²) in [6.45, 7) is 1.39. The Morgan fingerprint density at radius 2 is 2.19 bits per heavy atom. The lowest BCUT2D eigenvalue weighted by atomic mass is 10.3. The van der Waals surface area contributed by atoms with Gasteiger partial charge in [0, 0.05) is 25.3 Å². The van der Waals surface area contributed by atoms with Crippen molar-refractivity contribution in [2.24, 2.45) is 5.73 Å². The summed E-state index contributed by atoms with van der Waals surface area (Å²) in [5.41, 5.74) is 6.23. The van der Waals surface area contributed by atoms with Gasteiger partial charge in [0.2, 0.25) is 0 Å². The maximum Gasteiger partial charge on any atom is 0.272 e. The first-order chi connectivity index (χ1) is 6.77. The number of pyridine rings is 1. The Kier molecular flexibility index (Phi) is 6.33. The van der Waals surface area contributed by atoms with E-state index in [0.717, 1.165) is 13.0 Å². The molecular formula is C10H15Cl2N3O. The number of nitrogens with zero attached hydrogens (tertiary/aromatic N) is 2. The van der Waals surface area contributed by atoms with Gasteiger partial charge in [-0.3, -0.25) is 9.78 Å². The van der Waals surface area contributed by atoms with Gasteiger partial charge < -0.3 is 10.6 Å². The second kappa shape index (κ2) is 6.68. The van der Waals surface area contributed by atoms with E-state index in [-0.39, 0.29) is 36.8 Å². The van der Waals surface area contributed by atoms with E-state index in [2.05, 4.69) is 4.98 Å². The van der Waals surface area contributed by atoms with Crippen molar-refractivity contribution >= 4 is 30.7 Å². The number of amides is 1. The minimum atomic E-state index is -0.0152. The fourth-order valence-corrected chi connectivity index (χ4v) is 1.62. The summed E-state index contributed by atoms with van der Waals surface area (Å²) < 4.78 is 0. The Labute approximate surface area is 107 Å². The largest absolute Gasteiger partial charge is 0.336 e. The zero-order chi connectivity index (χ0) is 9.97. The third-order valence-corrected chi connectivity index (χ3v) is 2.40. The van der Waals surface area contributed by atoms with E-state index in [1.165, 1.54) is 0 Å². The van der Waals surface area contributed by atoms with Crippen LogP contribution in [-0.4, -0.2) is 34.9 Å². The van der Waals surface area contributed by atoms with Gasteiger partial charge in [0.05, 0.1) is 0 Å². The Balaban J connectivity index is 0.00000112. The molecule has 1 amide bonds. The van der Waals surface area contributed by atoms with Crippen molar-refractivity contribution < 1.29 is 4.79 Å². The van der Waals surface area contributed by atoms with E-state index in [4.69, 9.17) is 5.73 Å². The van der Waals surface area contributed by atoms with E-state index in [0.29, 0.717) is 12.2 Å². The Hall–Kier alpha value is -0.840. The van der Waals surface area contributed by atoms with Crippen LogP contribution in [0.25, 0.3) is 0 Å². The van der Waals surface area contributed by atoms with E-state index < -0.39 is 0 Å². The van der Waals surface area contributed by atoms with Crippen molar-refractivity contribution in [1.82, 2.24) is 9.88 Å². The van der Waals surface area contributed by atoms with Gasteiger partial charge in [-0.15, -0.1) is 24.8 Å². The summed E-state index contributed by atoms with van der Waals surface area (Å²) in [5.74, 6) is -0.0152.